The molecular formula is C17H23N5O. The van der Waals surface area contributed by atoms with E-state index in [1.165, 1.54) is 61.7 Å². The average Bonchev–Trinajstić information content (AvgIpc) is 2.91. The first-order valence-electron chi connectivity index (χ1n) is 8.23. The zero-order valence-electron chi connectivity index (χ0n) is 13.3. The molecular weight excluding hydrogens is 290 g/mol. The molecule has 1 aliphatic heterocycles. The molecule has 0 bridgehead atoms. The van der Waals surface area contributed by atoms with E-state index in [0.717, 1.165) is 12.2 Å². The van der Waals surface area contributed by atoms with Gasteiger partial charge in [0.15, 0.2) is 0 Å². The molecule has 6 heteroatoms. The van der Waals surface area contributed by atoms with Gasteiger partial charge >= 0.3 is 0 Å². The van der Waals surface area contributed by atoms with Crippen LogP contribution in [0.2, 0.25) is 0 Å². The zero-order chi connectivity index (χ0) is 15.9. The third-order valence-electron chi connectivity index (χ3n) is 4.11. The molecule has 2 heterocycles. The summed E-state index contributed by atoms with van der Waals surface area (Å²) in [4.78, 5) is 18.3. The van der Waals surface area contributed by atoms with E-state index in [2.05, 4.69) is 32.4 Å². The number of benzene rings is 1. The molecule has 0 atom stereocenters. The largest absolute Gasteiger partial charge is 0.324 e. The normalized spacial score (nSPS) is 16.0. The molecule has 0 unspecified atom stereocenters. The Bertz CT molecular complexity index is 600. The van der Waals surface area contributed by atoms with E-state index in [4.69, 9.17) is 0 Å². The van der Waals surface area contributed by atoms with Crippen molar-refractivity contribution in [2.24, 2.45) is 0 Å². The van der Waals surface area contributed by atoms with Crippen LogP contribution in [0.4, 0.5) is 5.69 Å². The van der Waals surface area contributed by atoms with Gasteiger partial charge in [-0.05, 0) is 43.6 Å². The van der Waals surface area contributed by atoms with Gasteiger partial charge in [-0.2, -0.15) is 5.10 Å². The smallest absolute Gasteiger partial charge is 0.246 e. The number of nitrogens with zero attached hydrogens (tertiary/aromatic N) is 4. The van der Waals surface area contributed by atoms with Crippen LogP contribution in [0.3, 0.4) is 0 Å². The molecule has 23 heavy (non-hydrogen) atoms. The summed E-state index contributed by atoms with van der Waals surface area (Å²) in [6.45, 7) is 3.55. The second-order valence-corrected chi connectivity index (χ2v) is 6.03. The summed E-state index contributed by atoms with van der Waals surface area (Å²) in [5.41, 5.74) is 2.11. The van der Waals surface area contributed by atoms with E-state index >= 15 is 0 Å². The van der Waals surface area contributed by atoms with Gasteiger partial charge in [0.1, 0.15) is 19.2 Å². The van der Waals surface area contributed by atoms with Crippen molar-refractivity contribution in [3.05, 3.63) is 42.5 Å². The summed E-state index contributed by atoms with van der Waals surface area (Å²) in [6, 6.07) is 8.12. The number of anilines is 1. The average molecular weight is 313 g/mol. The summed E-state index contributed by atoms with van der Waals surface area (Å²) in [5.74, 6) is -0.101. The Hall–Kier alpha value is -2.21. The molecule has 1 aromatic carbocycles. The number of rotatable bonds is 5. The van der Waals surface area contributed by atoms with Gasteiger partial charge < -0.3 is 5.32 Å². The Balaban J connectivity index is 1.51. The number of aromatic nitrogens is 3. The quantitative estimate of drug-likeness (QED) is 0.920. The van der Waals surface area contributed by atoms with Crippen molar-refractivity contribution in [1.82, 2.24) is 19.7 Å². The first kappa shape index (κ1) is 15.7. The molecule has 1 N–H and O–H groups in total. The van der Waals surface area contributed by atoms with Crippen molar-refractivity contribution in [3.63, 3.8) is 0 Å². The highest BCUT2D eigenvalue weighted by Crippen LogP contribution is 2.15. The number of nitrogens with one attached hydrogen (secondary N) is 1. The summed E-state index contributed by atoms with van der Waals surface area (Å²) in [7, 11) is 0. The van der Waals surface area contributed by atoms with Gasteiger partial charge in [0.05, 0.1) is 0 Å². The Morgan fingerprint density at radius 3 is 2.48 bits per heavy atom. The first-order valence-corrected chi connectivity index (χ1v) is 8.23. The van der Waals surface area contributed by atoms with Gasteiger partial charge in [-0.1, -0.05) is 25.0 Å². The predicted octanol–water partition coefficient (Wildman–Crippen LogP) is 2.29. The molecule has 1 saturated heterocycles. The van der Waals surface area contributed by atoms with E-state index in [-0.39, 0.29) is 12.5 Å². The molecule has 1 fully saturated rings. The van der Waals surface area contributed by atoms with Crippen LogP contribution in [0.5, 0.6) is 0 Å². The van der Waals surface area contributed by atoms with Crippen LogP contribution in [0.1, 0.15) is 31.2 Å². The van der Waals surface area contributed by atoms with Crippen LogP contribution in [-0.2, 0) is 17.9 Å². The summed E-state index contributed by atoms with van der Waals surface area (Å²) in [6.07, 6.45) is 8.27. The Labute approximate surface area is 136 Å². The van der Waals surface area contributed by atoms with Crippen LogP contribution in [0, 0.1) is 0 Å². The molecule has 3 rings (SSSR count). The third kappa shape index (κ3) is 4.89. The highest BCUT2D eigenvalue weighted by Gasteiger charge is 2.09. The molecule has 0 aliphatic carbocycles. The monoisotopic (exact) mass is 313 g/mol. The lowest BCUT2D eigenvalue weighted by molar-refractivity contribution is -0.116. The maximum Gasteiger partial charge on any atom is 0.246 e. The van der Waals surface area contributed by atoms with Crippen molar-refractivity contribution in [3.8, 4) is 0 Å². The highest BCUT2D eigenvalue weighted by atomic mass is 16.2. The van der Waals surface area contributed by atoms with Crippen molar-refractivity contribution in [2.45, 2.75) is 38.8 Å². The molecule has 0 spiro atoms. The fourth-order valence-corrected chi connectivity index (χ4v) is 2.91. The Morgan fingerprint density at radius 1 is 1.09 bits per heavy atom. The lowest BCUT2D eigenvalue weighted by Gasteiger charge is -2.19. The second kappa shape index (κ2) is 7.87. The van der Waals surface area contributed by atoms with Gasteiger partial charge in [0.25, 0.3) is 0 Å². The molecule has 6 nitrogen and oxygen atoms in total. The van der Waals surface area contributed by atoms with Crippen LogP contribution < -0.4 is 5.32 Å². The van der Waals surface area contributed by atoms with Crippen LogP contribution in [-0.4, -0.2) is 38.7 Å². The summed E-state index contributed by atoms with van der Waals surface area (Å²) >= 11 is 0. The minimum absolute atomic E-state index is 0.101. The molecule has 2 aromatic rings. The Kier molecular flexibility index (Phi) is 5.37. The van der Waals surface area contributed by atoms with Gasteiger partial charge in [-0.25, -0.2) is 9.67 Å². The number of hydrogen-bond donors (Lipinski definition) is 1. The van der Waals surface area contributed by atoms with Crippen LogP contribution in [0.25, 0.3) is 0 Å². The molecule has 0 saturated carbocycles. The van der Waals surface area contributed by atoms with E-state index < -0.39 is 0 Å². The number of hydrogen-bond acceptors (Lipinski definition) is 4. The second-order valence-electron chi connectivity index (χ2n) is 6.03. The van der Waals surface area contributed by atoms with Crippen molar-refractivity contribution < 1.29 is 4.79 Å². The first-order chi connectivity index (χ1) is 11.3. The molecule has 122 valence electrons. The number of amides is 1. The van der Waals surface area contributed by atoms with E-state index in [0.29, 0.717) is 0 Å². The maximum absolute atomic E-state index is 11.9. The van der Waals surface area contributed by atoms with E-state index in [9.17, 15) is 4.79 Å². The standard InChI is InChI=1S/C17H23N5O/c23-17(12-22-14-18-13-19-22)20-16-7-5-15(6-8-16)11-21-9-3-1-2-4-10-21/h5-8,13-14H,1-4,9-12H2,(H,20,23). The van der Waals surface area contributed by atoms with Crippen LogP contribution >= 0.6 is 0 Å². The number of carbonyl (C=O) groups is 1. The minimum atomic E-state index is -0.101. The fourth-order valence-electron chi connectivity index (χ4n) is 2.91. The van der Waals surface area contributed by atoms with Crippen molar-refractivity contribution >= 4 is 11.6 Å². The molecule has 1 amide bonds. The van der Waals surface area contributed by atoms with E-state index in [1.807, 2.05) is 12.1 Å². The maximum atomic E-state index is 11.9. The zero-order valence-corrected chi connectivity index (χ0v) is 13.3. The lowest BCUT2D eigenvalue weighted by atomic mass is 10.2. The third-order valence-corrected chi connectivity index (χ3v) is 4.11. The molecule has 1 aromatic heterocycles. The molecule has 1 aliphatic rings. The van der Waals surface area contributed by atoms with Crippen LogP contribution in [0.15, 0.2) is 36.9 Å². The predicted molar refractivity (Wildman–Crippen MR) is 88.8 cm³/mol. The van der Waals surface area contributed by atoms with Gasteiger partial charge in [-0.15, -0.1) is 0 Å². The number of carbonyl (C=O) groups excluding carboxylic acids is 1. The number of likely N-dealkylation sites (tertiary alicyclic amines) is 1. The van der Waals surface area contributed by atoms with E-state index in [1.54, 1.807) is 0 Å². The van der Waals surface area contributed by atoms with Gasteiger partial charge in [0, 0.05) is 12.2 Å². The topological polar surface area (TPSA) is 63.1 Å². The SMILES string of the molecule is O=C(Cn1cncn1)Nc1ccc(CN2CCCCCC2)cc1. The van der Waals surface area contributed by atoms with Gasteiger partial charge in [0.2, 0.25) is 5.91 Å². The Morgan fingerprint density at radius 2 is 1.83 bits per heavy atom. The minimum Gasteiger partial charge on any atom is -0.324 e. The highest BCUT2D eigenvalue weighted by molar-refractivity contribution is 5.90. The molecule has 0 radical (unpaired) electrons. The van der Waals surface area contributed by atoms with Crippen molar-refractivity contribution in [2.75, 3.05) is 18.4 Å². The summed E-state index contributed by atoms with van der Waals surface area (Å²) in [5, 5.41) is 6.80. The summed E-state index contributed by atoms with van der Waals surface area (Å²) < 4.78 is 1.50. The lowest BCUT2D eigenvalue weighted by Crippen LogP contribution is -2.24. The van der Waals surface area contributed by atoms with Crippen molar-refractivity contribution in [1.29, 1.82) is 0 Å². The van der Waals surface area contributed by atoms with Gasteiger partial charge in [-0.3, -0.25) is 9.69 Å². The fraction of sp³-hybridized carbons (Fsp3) is 0.471.